The molecule has 5 atom stereocenters. The molecule has 46 heavy (non-hydrogen) atoms. The maximum Gasteiger partial charge on any atom is 0.192 e. The van der Waals surface area contributed by atoms with Crippen molar-refractivity contribution < 1.29 is 18.7 Å². The molecule has 0 aliphatic heterocycles. The van der Waals surface area contributed by atoms with E-state index in [1.54, 1.807) is 0 Å². The molecule has 260 valence electrons. The fourth-order valence-corrected chi connectivity index (χ4v) is 9.33. The second-order valence-electron chi connectivity index (χ2n) is 17.1. The highest BCUT2D eigenvalue weighted by atomic mass is 28.4. The van der Waals surface area contributed by atoms with Crippen LogP contribution in [0.2, 0.25) is 36.3 Å². The van der Waals surface area contributed by atoms with Gasteiger partial charge in [-0.05, 0) is 109 Å². The van der Waals surface area contributed by atoms with Crippen LogP contribution in [0.25, 0.3) is 0 Å². The standard InChI is InChI=1S/C40H68O4Si2/c1-12-13-15-22-34(43-45(8,9)39(2,3)4)24-25-36-37(33(29-41)28-38(36)44-46(10,11)40(5,6)7)27-32-21-18-23-35(26-32)42-30-31-19-16-14-17-20-31/h14,16-21,23,26,33-34,36-38,41H,12-13,15,22,24-25,27-30H2,1-11H3/t33-,34-,36-,37-,38-/m1/s1. The van der Waals surface area contributed by atoms with Crippen LogP contribution in [0.4, 0.5) is 0 Å². The molecule has 0 spiro atoms. The predicted molar refractivity (Wildman–Crippen MR) is 201 cm³/mol. The molecule has 2 aromatic rings. The lowest BCUT2D eigenvalue weighted by Crippen LogP contribution is -2.46. The molecule has 6 heteroatoms. The SMILES string of the molecule is CCCCC[C@H](CC[C@@H]1[C@H](Cc2cccc(OCc3ccccc3)c2)[C@@H](CO)C[C@H]1O[Si](C)(C)C(C)(C)C)O[Si](C)(C)C(C)(C)C. The monoisotopic (exact) mass is 668 g/mol. The molecule has 0 amide bonds. The summed E-state index contributed by atoms with van der Waals surface area (Å²) < 4.78 is 20.6. The first-order chi connectivity index (χ1) is 21.5. The molecule has 1 fully saturated rings. The minimum atomic E-state index is -2.00. The summed E-state index contributed by atoms with van der Waals surface area (Å²) in [5.74, 6) is 1.88. The van der Waals surface area contributed by atoms with Crippen molar-refractivity contribution in [3.8, 4) is 5.75 Å². The van der Waals surface area contributed by atoms with Gasteiger partial charge in [0.25, 0.3) is 0 Å². The lowest BCUT2D eigenvalue weighted by molar-refractivity contribution is 0.0953. The van der Waals surface area contributed by atoms with Crippen molar-refractivity contribution in [3.63, 3.8) is 0 Å². The minimum Gasteiger partial charge on any atom is -0.489 e. The van der Waals surface area contributed by atoms with Gasteiger partial charge in [-0.3, -0.25) is 0 Å². The van der Waals surface area contributed by atoms with Crippen molar-refractivity contribution in [2.75, 3.05) is 6.61 Å². The number of hydrogen-bond donors (Lipinski definition) is 1. The summed E-state index contributed by atoms with van der Waals surface area (Å²) in [6, 6.07) is 19.0. The first-order valence-corrected chi connectivity index (χ1v) is 24.0. The average Bonchev–Trinajstić information content (AvgIpc) is 3.29. The molecule has 0 saturated heterocycles. The molecule has 3 rings (SSSR count). The molecule has 1 aliphatic carbocycles. The van der Waals surface area contributed by atoms with Gasteiger partial charge < -0.3 is 18.7 Å². The number of hydrogen-bond acceptors (Lipinski definition) is 4. The normalized spacial score (nSPS) is 21.8. The van der Waals surface area contributed by atoms with Gasteiger partial charge >= 0.3 is 0 Å². The van der Waals surface area contributed by atoms with E-state index in [4.69, 9.17) is 13.6 Å². The zero-order valence-corrected chi connectivity index (χ0v) is 33.3. The molecule has 4 nitrogen and oxygen atoms in total. The van der Waals surface area contributed by atoms with Gasteiger partial charge in [0, 0.05) is 18.8 Å². The Hall–Kier alpha value is -1.45. The number of rotatable bonds is 17. The molecule has 0 aromatic heterocycles. The summed E-state index contributed by atoms with van der Waals surface area (Å²) in [5, 5.41) is 11.1. The molecule has 0 radical (unpaired) electrons. The van der Waals surface area contributed by atoms with Gasteiger partial charge in [0.2, 0.25) is 0 Å². The topological polar surface area (TPSA) is 47.9 Å². The minimum absolute atomic E-state index is 0.142. The molecule has 0 unspecified atom stereocenters. The summed E-state index contributed by atoms with van der Waals surface area (Å²) in [5.41, 5.74) is 2.45. The van der Waals surface area contributed by atoms with Crippen molar-refractivity contribution in [3.05, 3.63) is 65.7 Å². The molecule has 1 aliphatic rings. The maximum atomic E-state index is 10.7. The number of unbranched alkanes of at least 4 members (excludes halogenated alkanes) is 2. The third kappa shape index (κ3) is 11.0. The lowest BCUT2D eigenvalue weighted by Gasteiger charge is -2.41. The highest BCUT2D eigenvalue weighted by molar-refractivity contribution is 6.74. The van der Waals surface area contributed by atoms with E-state index in [2.05, 4.69) is 123 Å². The Morgan fingerprint density at radius 2 is 1.46 bits per heavy atom. The van der Waals surface area contributed by atoms with Crippen molar-refractivity contribution in [2.24, 2.45) is 17.8 Å². The summed E-state index contributed by atoms with van der Waals surface area (Å²) in [7, 11) is -3.90. The molecule has 1 N–H and O–H groups in total. The Balaban J connectivity index is 1.86. The van der Waals surface area contributed by atoms with Crippen LogP contribution >= 0.6 is 0 Å². The lowest BCUT2D eigenvalue weighted by atomic mass is 9.81. The van der Waals surface area contributed by atoms with Crippen LogP contribution in [-0.2, 0) is 21.9 Å². The Morgan fingerprint density at radius 1 is 0.804 bits per heavy atom. The first kappa shape index (κ1) is 39.0. The van der Waals surface area contributed by atoms with E-state index in [-0.39, 0.29) is 34.8 Å². The van der Waals surface area contributed by atoms with Crippen LogP contribution in [0, 0.1) is 17.8 Å². The highest BCUT2D eigenvalue weighted by Gasteiger charge is 2.48. The van der Waals surface area contributed by atoms with Crippen molar-refractivity contribution in [2.45, 2.75) is 155 Å². The van der Waals surface area contributed by atoms with Crippen LogP contribution in [0.5, 0.6) is 5.75 Å². The first-order valence-electron chi connectivity index (χ1n) is 18.2. The number of aliphatic hydroxyl groups is 1. The van der Waals surface area contributed by atoms with E-state index in [0.717, 1.165) is 37.9 Å². The molecule has 0 heterocycles. The Morgan fingerprint density at radius 3 is 2.07 bits per heavy atom. The molecule has 2 aromatic carbocycles. The Bertz CT molecular complexity index is 1170. The Kier molecular flexibility index (Phi) is 14.2. The van der Waals surface area contributed by atoms with Gasteiger partial charge in [-0.1, -0.05) is 110 Å². The predicted octanol–water partition coefficient (Wildman–Crippen LogP) is 11.2. The highest BCUT2D eigenvalue weighted by Crippen LogP contribution is 2.48. The van der Waals surface area contributed by atoms with Crippen LogP contribution in [0.15, 0.2) is 54.6 Å². The third-order valence-electron chi connectivity index (χ3n) is 11.5. The second-order valence-corrected chi connectivity index (χ2v) is 26.6. The number of benzene rings is 2. The zero-order valence-electron chi connectivity index (χ0n) is 31.3. The van der Waals surface area contributed by atoms with Crippen molar-refractivity contribution in [1.29, 1.82) is 0 Å². The van der Waals surface area contributed by atoms with Gasteiger partial charge in [-0.2, -0.15) is 0 Å². The van der Waals surface area contributed by atoms with Crippen molar-refractivity contribution >= 4 is 16.6 Å². The second kappa shape index (κ2) is 16.8. The Labute approximate surface area is 285 Å². The number of ether oxygens (including phenoxy) is 1. The van der Waals surface area contributed by atoms with E-state index in [0.29, 0.717) is 18.4 Å². The third-order valence-corrected chi connectivity index (χ3v) is 20.5. The molecule has 0 bridgehead atoms. The van der Waals surface area contributed by atoms with Crippen LogP contribution in [-0.4, -0.2) is 40.6 Å². The summed E-state index contributed by atoms with van der Waals surface area (Å²) >= 11 is 0. The van der Waals surface area contributed by atoms with Crippen molar-refractivity contribution in [1.82, 2.24) is 0 Å². The van der Waals surface area contributed by atoms with Gasteiger partial charge in [-0.25, -0.2) is 0 Å². The zero-order chi connectivity index (χ0) is 34.2. The fraction of sp³-hybridized carbons (Fsp3) is 0.700. The van der Waals surface area contributed by atoms with Gasteiger partial charge in [-0.15, -0.1) is 0 Å². The van der Waals surface area contributed by atoms with Crippen LogP contribution in [0.1, 0.15) is 105 Å². The van der Waals surface area contributed by atoms with E-state index in [9.17, 15) is 5.11 Å². The van der Waals surface area contributed by atoms with Gasteiger partial charge in [0.1, 0.15) is 12.4 Å². The van der Waals surface area contributed by atoms with Gasteiger partial charge in [0.05, 0.1) is 0 Å². The summed E-state index contributed by atoms with van der Waals surface area (Å²) in [4.78, 5) is 0. The molecule has 1 saturated carbocycles. The van der Waals surface area contributed by atoms with E-state index in [1.165, 1.54) is 30.4 Å². The maximum absolute atomic E-state index is 10.7. The van der Waals surface area contributed by atoms with E-state index < -0.39 is 16.6 Å². The largest absolute Gasteiger partial charge is 0.489 e. The van der Waals surface area contributed by atoms with E-state index in [1.807, 2.05) is 6.07 Å². The summed E-state index contributed by atoms with van der Waals surface area (Å²) in [6.07, 6.45) is 9.31. The average molecular weight is 669 g/mol. The summed E-state index contributed by atoms with van der Waals surface area (Å²) in [6.45, 7) is 26.7. The molecular weight excluding hydrogens is 601 g/mol. The fourth-order valence-electron chi connectivity index (χ4n) is 6.52. The smallest absolute Gasteiger partial charge is 0.192 e. The quantitative estimate of drug-likeness (QED) is 0.135. The van der Waals surface area contributed by atoms with Gasteiger partial charge in [0.15, 0.2) is 16.6 Å². The van der Waals surface area contributed by atoms with Crippen LogP contribution in [0.3, 0.4) is 0 Å². The molecular formula is C40H68O4Si2. The van der Waals surface area contributed by atoms with E-state index >= 15 is 0 Å². The van der Waals surface area contributed by atoms with Crippen LogP contribution < -0.4 is 4.74 Å². The number of aliphatic hydroxyl groups excluding tert-OH is 1.